The van der Waals surface area contributed by atoms with Gasteiger partial charge in [-0.3, -0.25) is 4.79 Å². The molecule has 1 spiro atoms. The van der Waals surface area contributed by atoms with Crippen LogP contribution in [0.25, 0.3) is 6.08 Å². The normalized spacial score (nSPS) is 30.2. The molecule has 2 aliphatic heterocycles. The second kappa shape index (κ2) is 8.95. The first-order valence-electron chi connectivity index (χ1n) is 12.1. The number of aromatic nitrogens is 1. The Morgan fingerprint density at radius 1 is 1.36 bits per heavy atom. The summed E-state index contributed by atoms with van der Waals surface area (Å²) in [5, 5.41) is 0. The van der Waals surface area contributed by atoms with Crippen LogP contribution in [0.2, 0.25) is 0 Å². The van der Waals surface area contributed by atoms with Gasteiger partial charge in [-0.25, -0.2) is 4.98 Å². The molecule has 4 rings (SSSR count). The average molecular weight is 457 g/mol. The summed E-state index contributed by atoms with van der Waals surface area (Å²) in [6, 6.07) is 3.14. The zero-order chi connectivity index (χ0) is 23.9. The lowest BCUT2D eigenvalue weighted by Crippen LogP contribution is -2.51. The van der Waals surface area contributed by atoms with E-state index in [0.717, 1.165) is 57.3 Å². The van der Waals surface area contributed by atoms with Crippen LogP contribution in [0.5, 0.6) is 0 Å². The largest absolute Gasteiger partial charge is 0.459 e. The monoisotopic (exact) mass is 456 g/mol. The lowest BCUT2D eigenvalue weighted by molar-refractivity contribution is -0.180. The fourth-order valence-electron chi connectivity index (χ4n) is 5.52. The molecule has 33 heavy (non-hydrogen) atoms. The van der Waals surface area contributed by atoms with E-state index in [1.54, 1.807) is 19.4 Å². The Hall–Kier alpha value is -2.05. The Bertz CT molecular complexity index is 918. The van der Waals surface area contributed by atoms with Gasteiger partial charge in [0, 0.05) is 38.4 Å². The minimum absolute atomic E-state index is 0.0165. The van der Waals surface area contributed by atoms with Crippen molar-refractivity contribution in [2.45, 2.75) is 64.1 Å². The number of esters is 1. The lowest BCUT2D eigenvalue weighted by Gasteiger charge is -2.45. The van der Waals surface area contributed by atoms with Gasteiger partial charge in [-0.15, -0.1) is 6.58 Å². The smallest absolute Gasteiger partial charge is 0.309 e. The molecule has 1 aliphatic carbocycles. The molecule has 1 aromatic rings. The van der Waals surface area contributed by atoms with Crippen molar-refractivity contribution in [3.8, 4) is 0 Å². The summed E-state index contributed by atoms with van der Waals surface area (Å²) in [7, 11) is 1.73. The standard InChI is InChI=1S/C27H37FN2O3/c1-6-26(18-30-13-11-27(12-14-30)10-9-19(2)24(31)33-27)16-22(26)21(25(3,4)32-5)15-20-7-8-23(28)29-17-20/h6-8,15,17,19,22H,1,9-14,16,18H2,2-5H3/b21-15-. The zero-order valence-electron chi connectivity index (χ0n) is 20.4. The van der Waals surface area contributed by atoms with E-state index >= 15 is 0 Å². The van der Waals surface area contributed by atoms with E-state index in [-0.39, 0.29) is 22.9 Å². The maximum atomic E-state index is 13.3. The van der Waals surface area contributed by atoms with Crippen molar-refractivity contribution < 1.29 is 18.7 Å². The number of hydrogen-bond donors (Lipinski definition) is 0. The van der Waals surface area contributed by atoms with Gasteiger partial charge in [0.05, 0.1) is 11.5 Å². The molecule has 3 heterocycles. The minimum Gasteiger partial charge on any atom is -0.459 e. The molecule has 180 valence electrons. The fourth-order valence-corrected chi connectivity index (χ4v) is 5.52. The fraction of sp³-hybridized carbons (Fsp3) is 0.630. The van der Waals surface area contributed by atoms with E-state index in [1.165, 1.54) is 11.6 Å². The summed E-state index contributed by atoms with van der Waals surface area (Å²) in [6.45, 7) is 13.1. The molecule has 0 aromatic carbocycles. The molecule has 6 heteroatoms. The van der Waals surface area contributed by atoms with E-state index in [0.29, 0.717) is 5.92 Å². The summed E-state index contributed by atoms with van der Waals surface area (Å²) in [6.07, 6.45) is 10.5. The topological polar surface area (TPSA) is 51.7 Å². The molecule has 0 radical (unpaired) electrons. The lowest BCUT2D eigenvalue weighted by atomic mass is 9.81. The van der Waals surface area contributed by atoms with E-state index in [4.69, 9.17) is 9.47 Å². The van der Waals surface area contributed by atoms with Crippen molar-refractivity contribution in [3.63, 3.8) is 0 Å². The molecule has 3 fully saturated rings. The zero-order valence-corrected chi connectivity index (χ0v) is 20.4. The highest BCUT2D eigenvalue weighted by molar-refractivity contribution is 5.73. The van der Waals surface area contributed by atoms with E-state index in [2.05, 4.69) is 42.5 Å². The van der Waals surface area contributed by atoms with Gasteiger partial charge in [-0.1, -0.05) is 19.1 Å². The molecule has 1 aromatic heterocycles. The van der Waals surface area contributed by atoms with Crippen LogP contribution in [0.3, 0.4) is 0 Å². The van der Waals surface area contributed by atoms with Crippen LogP contribution in [-0.4, -0.2) is 53.8 Å². The number of halogens is 1. The van der Waals surface area contributed by atoms with Crippen molar-refractivity contribution in [3.05, 3.63) is 48.1 Å². The van der Waals surface area contributed by atoms with Crippen LogP contribution in [0.1, 0.15) is 58.4 Å². The van der Waals surface area contributed by atoms with Crippen LogP contribution in [0, 0.1) is 23.2 Å². The van der Waals surface area contributed by atoms with Crippen LogP contribution < -0.4 is 0 Å². The quantitative estimate of drug-likeness (QED) is 0.327. The molecule has 1 saturated carbocycles. The highest BCUT2D eigenvalue weighted by atomic mass is 19.1. The summed E-state index contributed by atoms with van der Waals surface area (Å²) >= 11 is 0. The van der Waals surface area contributed by atoms with Gasteiger partial charge in [0.25, 0.3) is 0 Å². The first-order valence-corrected chi connectivity index (χ1v) is 12.1. The summed E-state index contributed by atoms with van der Waals surface area (Å²) in [5.41, 5.74) is 1.32. The van der Waals surface area contributed by atoms with Gasteiger partial charge in [0.1, 0.15) is 5.60 Å². The van der Waals surface area contributed by atoms with Gasteiger partial charge in [0.15, 0.2) is 0 Å². The Morgan fingerprint density at radius 2 is 2.09 bits per heavy atom. The molecule has 0 N–H and O–H groups in total. The number of carbonyl (C=O) groups excluding carboxylic acids is 1. The first-order chi connectivity index (χ1) is 15.6. The van der Waals surface area contributed by atoms with E-state index in [9.17, 15) is 9.18 Å². The highest BCUT2D eigenvalue weighted by Crippen LogP contribution is 2.60. The van der Waals surface area contributed by atoms with Crippen LogP contribution in [-0.2, 0) is 14.3 Å². The number of ether oxygens (including phenoxy) is 2. The van der Waals surface area contributed by atoms with Gasteiger partial charge in [-0.2, -0.15) is 4.39 Å². The summed E-state index contributed by atoms with van der Waals surface area (Å²) < 4.78 is 25.1. The third-order valence-electron chi connectivity index (χ3n) is 8.22. The second-order valence-electron chi connectivity index (χ2n) is 10.7. The number of piperidine rings is 1. The summed E-state index contributed by atoms with van der Waals surface area (Å²) in [4.78, 5) is 18.5. The van der Waals surface area contributed by atoms with Gasteiger partial charge >= 0.3 is 5.97 Å². The van der Waals surface area contributed by atoms with Gasteiger partial charge in [0.2, 0.25) is 5.95 Å². The van der Waals surface area contributed by atoms with Gasteiger partial charge in [-0.05, 0) is 75.1 Å². The average Bonchev–Trinajstić information content (AvgIpc) is 3.51. The third-order valence-corrected chi connectivity index (χ3v) is 8.22. The molecule has 3 aliphatic rings. The molecule has 0 amide bonds. The SMILES string of the molecule is C=CC1(CN2CCC3(CCC(C)C(=O)O3)CC2)CC1/C(=C/c1ccc(F)nc1)C(C)(C)OC. The maximum absolute atomic E-state index is 13.3. The first kappa shape index (κ1) is 24.1. The second-order valence-corrected chi connectivity index (χ2v) is 10.7. The number of carbonyl (C=O) groups is 1. The maximum Gasteiger partial charge on any atom is 0.309 e. The molecule has 3 unspecified atom stereocenters. The number of rotatable bonds is 7. The molecule has 2 saturated heterocycles. The summed E-state index contributed by atoms with van der Waals surface area (Å²) in [5.74, 6) is -0.186. The van der Waals surface area contributed by atoms with E-state index < -0.39 is 11.5 Å². The Morgan fingerprint density at radius 3 is 2.67 bits per heavy atom. The van der Waals surface area contributed by atoms with Gasteiger partial charge < -0.3 is 14.4 Å². The molecular formula is C27H37FN2O3. The molecule has 3 atom stereocenters. The van der Waals surface area contributed by atoms with Crippen LogP contribution in [0.15, 0.2) is 36.6 Å². The Labute approximate surface area is 197 Å². The third kappa shape index (κ3) is 4.92. The predicted molar refractivity (Wildman–Crippen MR) is 127 cm³/mol. The molecular weight excluding hydrogens is 419 g/mol. The van der Waals surface area contributed by atoms with Crippen molar-refractivity contribution in [2.24, 2.45) is 17.3 Å². The molecule has 5 nitrogen and oxygen atoms in total. The minimum atomic E-state index is -0.479. The number of pyridine rings is 1. The molecule has 0 bridgehead atoms. The van der Waals surface area contributed by atoms with Crippen molar-refractivity contribution in [1.29, 1.82) is 0 Å². The Kier molecular flexibility index (Phi) is 6.53. The number of hydrogen-bond acceptors (Lipinski definition) is 5. The number of nitrogens with zero attached hydrogens (tertiary/aromatic N) is 2. The van der Waals surface area contributed by atoms with Crippen LogP contribution >= 0.6 is 0 Å². The van der Waals surface area contributed by atoms with Crippen LogP contribution in [0.4, 0.5) is 4.39 Å². The highest BCUT2D eigenvalue weighted by Gasteiger charge is 2.57. The number of methoxy groups -OCH3 is 1. The number of likely N-dealkylation sites (tertiary alicyclic amines) is 1. The predicted octanol–water partition coefficient (Wildman–Crippen LogP) is 5.03. The Balaban J connectivity index is 1.46. The van der Waals surface area contributed by atoms with Crippen molar-refractivity contribution >= 4 is 12.0 Å². The van der Waals surface area contributed by atoms with Crippen molar-refractivity contribution in [2.75, 3.05) is 26.7 Å². The van der Waals surface area contributed by atoms with E-state index in [1.807, 2.05) is 6.92 Å². The van der Waals surface area contributed by atoms with Crippen molar-refractivity contribution in [1.82, 2.24) is 9.88 Å².